The van der Waals surface area contributed by atoms with Crippen molar-refractivity contribution in [3.63, 3.8) is 0 Å². The van der Waals surface area contributed by atoms with Crippen molar-refractivity contribution in [2.45, 2.75) is 38.6 Å². The summed E-state index contributed by atoms with van der Waals surface area (Å²) in [6.07, 6.45) is 3.18. The first-order valence-corrected chi connectivity index (χ1v) is 7.77. The number of rotatable bonds is 5. The van der Waals surface area contributed by atoms with E-state index in [1.54, 1.807) is 0 Å². The number of likely N-dealkylation sites (tertiary alicyclic amines) is 1. The maximum atomic E-state index is 10.2. The van der Waals surface area contributed by atoms with Crippen LogP contribution in [-0.2, 0) is 6.54 Å². The summed E-state index contributed by atoms with van der Waals surface area (Å²) in [5.41, 5.74) is 0. The van der Waals surface area contributed by atoms with E-state index in [1.165, 1.54) is 0 Å². The van der Waals surface area contributed by atoms with Gasteiger partial charge in [-0.2, -0.15) is 0 Å². The van der Waals surface area contributed by atoms with Crippen molar-refractivity contribution in [1.29, 1.82) is 0 Å². The van der Waals surface area contributed by atoms with Crippen LogP contribution in [-0.4, -0.2) is 44.9 Å². The van der Waals surface area contributed by atoms with Gasteiger partial charge in [-0.05, 0) is 26.0 Å². The highest BCUT2D eigenvalue weighted by Gasteiger charge is 2.33. The first-order valence-electron chi connectivity index (χ1n) is 7.77. The molecule has 22 heavy (non-hydrogen) atoms. The molecule has 1 saturated heterocycles. The van der Waals surface area contributed by atoms with E-state index < -0.39 is 6.10 Å². The predicted molar refractivity (Wildman–Crippen MR) is 84.8 cm³/mol. The summed E-state index contributed by atoms with van der Waals surface area (Å²) in [7, 11) is 0. The molecule has 0 unspecified atom stereocenters. The fraction of sp³-hybridized carbons (Fsp3) is 0.471. The third kappa shape index (κ3) is 3.31. The van der Waals surface area contributed by atoms with Gasteiger partial charge in [0.2, 0.25) is 0 Å². The first-order chi connectivity index (χ1) is 10.6. The van der Waals surface area contributed by atoms with E-state index in [0.29, 0.717) is 19.1 Å². The van der Waals surface area contributed by atoms with Crippen molar-refractivity contribution < 1.29 is 9.84 Å². The number of hydrogen-bond donors (Lipinski definition) is 1. The number of imidazole rings is 1. The fourth-order valence-electron chi connectivity index (χ4n) is 2.89. The van der Waals surface area contributed by atoms with Crippen LogP contribution in [0.15, 0.2) is 42.7 Å². The van der Waals surface area contributed by atoms with Gasteiger partial charge in [-0.25, -0.2) is 4.98 Å². The van der Waals surface area contributed by atoms with Crippen molar-refractivity contribution in [3.8, 4) is 5.75 Å². The molecule has 0 spiro atoms. The number of aliphatic hydroxyl groups excluding tert-OH is 1. The van der Waals surface area contributed by atoms with Gasteiger partial charge in [-0.3, -0.25) is 4.90 Å². The van der Waals surface area contributed by atoms with Crippen LogP contribution in [0.2, 0.25) is 0 Å². The molecule has 0 bridgehead atoms. The molecular formula is C17H23N3O2. The van der Waals surface area contributed by atoms with Gasteiger partial charge in [0, 0.05) is 31.5 Å². The van der Waals surface area contributed by atoms with Crippen molar-refractivity contribution in [2.24, 2.45) is 0 Å². The second-order valence-electron chi connectivity index (χ2n) is 6.08. The summed E-state index contributed by atoms with van der Waals surface area (Å²) in [5.74, 6) is 1.83. The zero-order valence-corrected chi connectivity index (χ0v) is 13.1. The van der Waals surface area contributed by atoms with Crippen molar-refractivity contribution >= 4 is 0 Å². The Kier molecular flexibility index (Phi) is 4.45. The number of aliphatic hydroxyl groups is 1. The number of β-amino-alcohol motifs (C(OH)–C–C–N with tert-alkyl or cyclic N) is 1. The molecule has 1 aromatic carbocycles. The Labute approximate surface area is 131 Å². The van der Waals surface area contributed by atoms with E-state index in [9.17, 15) is 5.11 Å². The predicted octanol–water partition coefficient (Wildman–Crippen LogP) is 2.09. The lowest BCUT2D eigenvalue weighted by molar-refractivity contribution is 0.0737. The molecule has 1 aliphatic rings. The van der Waals surface area contributed by atoms with Gasteiger partial charge in [0.05, 0.1) is 6.54 Å². The van der Waals surface area contributed by atoms with Crippen LogP contribution >= 0.6 is 0 Å². The third-order valence-corrected chi connectivity index (χ3v) is 4.01. The molecule has 2 atom stereocenters. The maximum Gasteiger partial charge on any atom is 0.138 e. The fourth-order valence-corrected chi connectivity index (χ4v) is 2.89. The van der Waals surface area contributed by atoms with E-state index in [0.717, 1.165) is 18.1 Å². The number of hydrogen-bond acceptors (Lipinski definition) is 4. The van der Waals surface area contributed by atoms with Crippen LogP contribution in [0.1, 0.15) is 25.7 Å². The monoisotopic (exact) mass is 301 g/mol. The number of aromatic nitrogens is 2. The zero-order chi connectivity index (χ0) is 15.5. The molecule has 5 heteroatoms. The molecule has 1 N–H and O–H groups in total. The molecule has 2 heterocycles. The third-order valence-electron chi connectivity index (χ3n) is 4.01. The second kappa shape index (κ2) is 6.50. The van der Waals surface area contributed by atoms with E-state index in [2.05, 4.69) is 28.3 Å². The molecule has 118 valence electrons. The quantitative estimate of drug-likeness (QED) is 0.919. The molecule has 3 rings (SSSR count). The molecular weight excluding hydrogens is 278 g/mol. The molecule has 0 aliphatic carbocycles. The Balaban J connectivity index is 1.62. The molecule has 1 aliphatic heterocycles. The van der Waals surface area contributed by atoms with Crippen LogP contribution < -0.4 is 4.74 Å². The molecule has 5 nitrogen and oxygen atoms in total. The summed E-state index contributed by atoms with van der Waals surface area (Å²) < 4.78 is 8.06. The minimum Gasteiger partial charge on any atom is -0.486 e. The lowest BCUT2D eigenvalue weighted by Gasteiger charge is -2.18. The Morgan fingerprint density at radius 2 is 2.05 bits per heavy atom. The summed E-state index contributed by atoms with van der Waals surface area (Å²) >= 11 is 0. The van der Waals surface area contributed by atoms with Gasteiger partial charge < -0.3 is 14.4 Å². The average Bonchev–Trinajstić information content (AvgIpc) is 3.08. The van der Waals surface area contributed by atoms with Crippen LogP contribution in [0, 0.1) is 0 Å². The standard InChI is InChI=1S/C17H23N3O2/c1-13(2)20-9-8-18-17(20)12-19-10-15(21)16(11-19)22-14-6-4-3-5-7-14/h3-9,13,15-16,21H,10-12H2,1-2H3/t15-,16-/m1/s1. The van der Waals surface area contributed by atoms with Crippen LogP contribution in [0.5, 0.6) is 5.75 Å². The van der Waals surface area contributed by atoms with Gasteiger partial charge in [-0.15, -0.1) is 0 Å². The Morgan fingerprint density at radius 3 is 2.77 bits per heavy atom. The van der Waals surface area contributed by atoms with Crippen molar-refractivity contribution in [1.82, 2.24) is 14.5 Å². The Morgan fingerprint density at radius 1 is 1.27 bits per heavy atom. The van der Waals surface area contributed by atoms with Gasteiger partial charge in [0.1, 0.15) is 23.8 Å². The van der Waals surface area contributed by atoms with E-state index in [4.69, 9.17) is 4.74 Å². The maximum absolute atomic E-state index is 10.2. The van der Waals surface area contributed by atoms with Crippen LogP contribution in [0.4, 0.5) is 0 Å². The van der Waals surface area contributed by atoms with Crippen LogP contribution in [0.3, 0.4) is 0 Å². The highest BCUT2D eigenvalue weighted by atomic mass is 16.5. The van der Waals surface area contributed by atoms with Crippen molar-refractivity contribution in [3.05, 3.63) is 48.5 Å². The van der Waals surface area contributed by atoms with Crippen molar-refractivity contribution in [2.75, 3.05) is 13.1 Å². The lowest BCUT2D eigenvalue weighted by Crippen LogP contribution is -2.30. The normalized spacial score (nSPS) is 22.4. The SMILES string of the molecule is CC(C)n1ccnc1CN1C[C@@H](O)[C@H](Oc2ccccc2)C1. The van der Waals surface area contributed by atoms with Crippen LogP contribution in [0.25, 0.3) is 0 Å². The Bertz CT molecular complexity index is 597. The lowest BCUT2D eigenvalue weighted by atomic mass is 10.2. The van der Waals surface area contributed by atoms with E-state index in [-0.39, 0.29) is 6.10 Å². The summed E-state index contributed by atoms with van der Waals surface area (Å²) in [6, 6.07) is 10.1. The number of ether oxygens (including phenoxy) is 1. The van der Waals surface area contributed by atoms with E-state index in [1.807, 2.05) is 42.7 Å². The van der Waals surface area contributed by atoms with Gasteiger partial charge in [0.15, 0.2) is 0 Å². The zero-order valence-electron chi connectivity index (χ0n) is 13.1. The van der Waals surface area contributed by atoms with Gasteiger partial charge in [0.25, 0.3) is 0 Å². The molecule has 2 aromatic rings. The minimum atomic E-state index is -0.470. The topological polar surface area (TPSA) is 50.5 Å². The van der Waals surface area contributed by atoms with Gasteiger partial charge >= 0.3 is 0 Å². The number of para-hydroxylation sites is 1. The molecule has 0 radical (unpaired) electrons. The minimum absolute atomic E-state index is 0.190. The highest BCUT2D eigenvalue weighted by molar-refractivity contribution is 5.21. The summed E-state index contributed by atoms with van der Waals surface area (Å²) in [6.45, 7) is 6.34. The Hall–Kier alpha value is -1.85. The average molecular weight is 301 g/mol. The van der Waals surface area contributed by atoms with E-state index >= 15 is 0 Å². The smallest absolute Gasteiger partial charge is 0.138 e. The second-order valence-corrected chi connectivity index (χ2v) is 6.08. The summed E-state index contributed by atoms with van der Waals surface area (Å²) in [4.78, 5) is 6.63. The number of nitrogens with zero attached hydrogens (tertiary/aromatic N) is 3. The largest absolute Gasteiger partial charge is 0.486 e. The summed E-state index contributed by atoms with van der Waals surface area (Å²) in [5, 5.41) is 10.2. The van der Waals surface area contributed by atoms with Gasteiger partial charge in [-0.1, -0.05) is 18.2 Å². The highest BCUT2D eigenvalue weighted by Crippen LogP contribution is 2.20. The molecule has 0 amide bonds. The molecule has 0 saturated carbocycles. The number of benzene rings is 1. The first kappa shape index (κ1) is 15.1. The molecule has 1 fully saturated rings. The molecule has 1 aromatic heterocycles.